The van der Waals surface area contributed by atoms with Crippen molar-refractivity contribution in [1.29, 1.82) is 0 Å². The summed E-state index contributed by atoms with van der Waals surface area (Å²) >= 11 is 1.51. The molecule has 21 heavy (non-hydrogen) atoms. The van der Waals surface area contributed by atoms with Crippen molar-refractivity contribution in [2.45, 2.75) is 50.5 Å². The van der Waals surface area contributed by atoms with Gasteiger partial charge in [0.2, 0.25) is 10.0 Å². The highest BCUT2D eigenvalue weighted by Crippen LogP contribution is 2.60. The minimum Gasteiger partial charge on any atom is -0.312 e. The molecule has 0 unspecified atom stereocenters. The Morgan fingerprint density at radius 2 is 2.14 bits per heavy atom. The molecule has 118 valence electrons. The predicted octanol–water partition coefficient (Wildman–Crippen LogP) is 2.72. The van der Waals surface area contributed by atoms with E-state index in [0.29, 0.717) is 16.9 Å². The molecule has 1 heterocycles. The minimum absolute atomic E-state index is 0.300. The van der Waals surface area contributed by atoms with Crippen LogP contribution in [0.4, 0.5) is 0 Å². The molecule has 2 aliphatic carbocycles. The second-order valence-corrected chi connectivity index (χ2v) is 9.15. The summed E-state index contributed by atoms with van der Waals surface area (Å²) in [4.78, 5) is 1.50. The Labute approximate surface area is 131 Å². The van der Waals surface area contributed by atoms with E-state index in [4.69, 9.17) is 0 Å². The zero-order chi connectivity index (χ0) is 14.9. The van der Waals surface area contributed by atoms with Gasteiger partial charge in [0.25, 0.3) is 0 Å². The highest BCUT2D eigenvalue weighted by molar-refractivity contribution is 7.89. The van der Waals surface area contributed by atoms with Crippen molar-refractivity contribution in [3.63, 3.8) is 0 Å². The zero-order valence-electron chi connectivity index (χ0n) is 12.5. The zero-order valence-corrected chi connectivity index (χ0v) is 14.2. The van der Waals surface area contributed by atoms with E-state index in [2.05, 4.69) is 17.0 Å². The van der Waals surface area contributed by atoms with Crippen LogP contribution >= 0.6 is 11.3 Å². The molecule has 2 fully saturated rings. The van der Waals surface area contributed by atoms with Gasteiger partial charge in [0, 0.05) is 23.3 Å². The van der Waals surface area contributed by atoms with Gasteiger partial charge in [0.05, 0.1) is 4.90 Å². The Balaban J connectivity index is 1.56. The average Bonchev–Trinajstić information content (AvgIpc) is 3.35. The topological polar surface area (TPSA) is 58.2 Å². The Morgan fingerprint density at radius 1 is 1.38 bits per heavy atom. The number of thiophene rings is 1. The van der Waals surface area contributed by atoms with Crippen molar-refractivity contribution in [2.24, 2.45) is 11.3 Å². The summed E-state index contributed by atoms with van der Waals surface area (Å²) in [6.45, 7) is 4.45. The van der Waals surface area contributed by atoms with Crippen LogP contribution in [0.15, 0.2) is 16.3 Å². The first-order valence-corrected chi connectivity index (χ1v) is 10.2. The van der Waals surface area contributed by atoms with E-state index in [1.165, 1.54) is 37.0 Å². The number of hydrogen-bond donors (Lipinski definition) is 2. The van der Waals surface area contributed by atoms with Gasteiger partial charge in [-0.1, -0.05) is 6.92 Å². The first-order valence-electron chi connectivity index (χ1n) is 7.83. The first-order chi connectivity index (χ1) is 10.1. The molecule has 1 aromatic rings. The van der Waals surface area contributed by atoms with Gasteiger partial charge in [-0.2, -0.15) is 0 Å². The van der Waals surface area contributed by atoms with E-state index in [9.17, 15) is 8.42 Å². The molecular weight excluding hydrogens is 304 g/mol. The Morgan fingerprint density at radius 3 is 2.76 bits per heavy atom. The van der Waals surface area contributed by atoms with E-state index in [1.807, 2.05) is 0 Å². The normalized spacial score (nSPS) is 20.6. The largest absolute Gasteiger partial charge is 0.312 e. The lowest BCUT2D eigenvalue weighted by Gasteiger charge is -2.14. The van der Waals surface area contributed by atoms with Crippen LogP contribution in [0.25, 0.3) is 0 Å². The molecule has 2 aliphatic rings. The minimum atomic E-state index is -3.34. The summed E-state index contributed by atoms with van der Waals surface area (Å²) in [6, 6.07) is 1.80. The Hall–Kier alpha value is -0.430. The van der Waals surface area contributed by atoms with E-state index in [0.717, 1.165) is 30.3 Å². The Bertz CT molecular complexity index is 587. The van der Waals surface area contributed by atoms with Crippen LogP contribution in [-0.2, 0) is 16.6 Å². The SMILES string of the molecule is CCCNCc1cc(S(=O)(=O)NCC2(C3CC3)CC2)cs1. The van der Waals surface area contributed by atoms with Gasteiger partial charge < -0.3 is 5.32 Å². The predicted molar refractivity (Wildman–Crippen MR) is 85.9 cm³/mol. The van der Waals surface area contributed by atoms with Gasteiger partial charge in [0.15, 0.2) is 0 Å². The van der Waals surface area contributed by atoms with Crippen LogP contribution < -0.4 is 10.0 Å². The standard InChI is InChI=1S/C15H24N2O2S2/c1-2-7-16-9-13-8-14(10-20-13)21(18,19)17-11-15(5-6-15)12-3-4-12/h8,10,12,16-17H,2-7,9,11H2,1H3. The lowest BCUT2D eigenvalue weighted by molar-refractivity contribution is 0.432. The van der Waals surface area contributed by atoms with Crippen molar-refractivity contribution in [1.82, 2.24) is 10.0 Å². The van der Waals surface area contributed by atoms with Crippen LogP contribution in [0.3, 0.4) is 0 Å². The number of rotatable bonds is 9. The van der Waals surface area contributed by atoms with Crippen molar-refractivity contribution in [3.8, 4) is 0 Å². The number of nitrogens with one attached hydrogen (secondary N) is 2. The molecule has 0 saturated heterocycles. The molecule has 0 aliphatic heterocycles. The summed E-state index contributed by atoms with van der Waals surface area (Å²) in [6.07, 6.45) is 6.04. The van der Waals surface area contributed by atoms with Crippen molar-refractivity contribution >= 4 is 21.4 Å². The van der Waals surface area contributed by atoms with Gasteiger partial charge in [-0.15, -0.1) is 11.3 Å². The molecule has 4 nitrogen and oxygen atoms in total. The third-order valence-electron chi connectivity index (χ3n) is 4.62. The molecule has 2 saturated carbocycles. The molecule has 1 aromatic heterocycles. The van der Waals surface area contributed by atoms with Gasteiger partial charge >= 0.3 is 0 Å². The summed E-state index contributed by atoms with van der Waals surface area (Å²) in [5, 5.41) is 5.05. The summed E-state index contributed by atoms with van der Waals surface area (Å²) in [7, 11) is -3.34. The van der Waals surface area contributed by atoms with Gasteiger partial charge in [-0.25, -0.2) is 13.1 Å². The van der Waals surface area contributed by atoms with Gasteiger partial charge in [-0.3, -0.25) is 0 Å². The van der Waals surface area contributed by atoms with Crippen LogP contribution in [0.5, 0.6) is 0 Å². The van der Waals surface area contributed by atoms with Crippen LogP contribution in [0.2, 0.25) is 0 Å². The molecule has 0 spiro atoms. The second kappa shape index (κ2) is 5.99. The second-order valence-electron chi connectivity index (χ2n) is 6.39. The third-order valence-corrected chi connectivity index (χ3v) is 7.08. The monoisotopic (exact) mass is 328 g/mol. The molecule has 0 aromatic carbocycles. The van der Waals surface area contributed by atoms with E-state index < -0.39 is 10.0 Å². The van der Waals surface area contributed by atoms with Crippen molar-refractivity contribution in [2.75, 3.05) is 13.1 Å². The van der Waals surface area contributed by atoms with Crippen LogP contribution in [0.1, 0.15) is 43.9 Å². The van der Waals surface area contributed by atoms with E-state index in [-0.39, 0.29) is 0 Å². The first kappa shape index (κ1) is 15.5. The van der Waals surface area contributed by atoms with Crippen LogP contribution in [0, 0.1) is 11.3 Å². The quantitative estimate of drug-likeness (QED) is 0.685. The smallest absolute Gasteiger partial charge is 0.241 e. The molecular formula is C15H24N2O2S2. The van der Waals surface area contributed by atoms with E-state index in [1.54, 1.807) is 11.4 Å². The van der Waals surface area contributed by atoms with E-state index >= 15 is 0 Å². The van der Waals surface area contributed by atoms with Crippen molar-refractivity contribution in [3.05, 3.63) is 16.3 Å². The molecule has 0 atom stereocenters. The molecule has 3 rings (SSSR count). The van der Waals surface area contributed by atoms with Crippen molar-refractivity contribution < 1.29 is 8.42 Å². The fourth-order valence-electron chi connectivity index (χ4n) is 2.89. The number of sulfonamides is 1. The summed E-state index contributed by atoms with van der Waals surface area (Å²) in [5.74, 6) is 0.775. The summed E-state index contributed by atoms with van der Waals surface area (Å²) < 4.78 is 27.6. The van der Waals surface area contributed by atoms with Gasteiger partial charge in [0.1, 0.15) is 0 Å². The highest BCUT2D eigenvalue weighted by atomic mass is 32.2. The third kappa shape index (κ3) is 3.67. The fourth-order valence-corrected chi connectivity index (χ4v) is 5.27. The van der Waals surface area contributed by atoms with Gasteiger partial charge in [-0.05, 0) is 56.0 Å². The Kier molecular flexibility index (Phi) is 4.41. The number of hydrogen-bond acceptors (Lipinski definition) is 4. The summed E-state index contributed by atoms with van der Waals surface area (Å²) in [5.41, 5.74) is 0.300. The average molecular weight is 329 g/mol. The molecule has 0 radical (unpaired) electrons. The molecule has 0 bridgehead atoms. The maximum absolute atomic E-state index is 12.4. The lowest BCUT2D eigenvalue weighted by atomic mass is 10.0. The maximum atomic E-state index is 12.4. The molecule has 2 N–H and O–H groups in total. The molecule has 0 amide bonds. The molecule has 6 heteroatoms. The maximum Gasteiger partial charge on any atom is 0.241 e. The fraction of sp³-hybridized carbons (Fsp3) is 0.733. The highest BCUT2D eigenvalue weighted by Gasteiger charge is 2.53. The van der Waals surface area contributed by atoms with Crippen LogP contribution in [-0.4, -0.2) is 21.5 Å². The lowest BCUT2D eigenvalue weighted by Crippen LogP contribution is -2.31.